The van der Waals surface area contributed by atoms with Crippen molar-refractivity contribution in [1.29, 1.82) is 0 Å². The smallest absolute Gasteiger partial charge is 0.425 e. The number of rotatable bonds is 4. The first-order valence-electron chi connectivity index (χ1n) is 4.88. The SMILES string of the molecule is CC(Oc1cc([N+](=O)[O-])ccc1C(=O)O)C(F)(F)F. The van der Waals surface area contributed by atoms with Gasteiger partial charge in [-0.1, -0.05) is 0 Å². The number of ether oxygens (including phenoxy) is 1. The van der Waals surface area contributed by atoms with Gasteiger partial charge in [0.05, 0.1) is 11.0 Å². The van der Waals surface area contributed by atoms with Gasteiger partial charge in [-0.25, -0.2) is 4.79 Å². The normalized spacial score (nSPS) is 12.8. The summed E-state index contributed by atoms with van der Waals surface area (Å²) in [6.07, 6.45) is -6.99. The predicted octanol–water partition coefficient (Wildman–Crippen LogP) is 2.62. The molecule has 9 heteroatoms. The maximum Gasteiger partial charge on any atom is 0.425 e. The Morgan fingerprint density at radius 2 is 2.05 bits per heavy atom. The van der Waals surface area contributed by atoms with E-state index in [9.17, 15) is 28.1 Å². The van der Waals surface area contributed by atoms with Crippen LogP contribution in [0, 0.1) is 10.1 Å². The molecule has 0 aliphatic heterocycles. The number of nitro groups is 1. The fraction of sp³-hybridized carbons (Fsp3) is 0.300. The van der Waals surface area contributed by atoms with Crippen molar-refractivity contribution in [1.82, 2.24) is 0 Å². The van der Waals surface area contributed by atoms with E-state index < -0.39 is 40.2 Å². The van der Waals surface area contributed by atoms with Gasteiger partial charge in [-0.3, -0.25) is 10.1 Å². The zero-order valence-corrected chi connectivity index (χ0v) is 9.47. The average molecular weight is 279 g/mol. The maximum atomic E-state index is 12.3. The van der Waals surface area contributed by atoms with Gasteiger partial charge in [0, 0.05) is 6.07 Å². The van der Waals surface area contributed by atoms with Crippen molar-refractivity contribution in [3.05, 3.63) is 33.9 Å². The highest BCUT2D eigenvalue weighted by molar-refractivity contribution is 5.91. The van der Waals surface area contributed by atoms with Crippen LogP contribution < -0.4 is 4.74 Å². The lowest BCUT2D eigenvalue weighted by Crippen LogP contribution is -2.31. The first-order chi connectivity index (χ1) is 8.62. The largest absolute Gasteiger partial charge is 0.480 e. The number of halogens is 3. The van der Waals surface area contributed by atoms with Crippen LogP contribution in [0.1, 0.15) is 17.3 Å². The summed E-state index contributed by atoms with van der Waals surface area (Å²) in [4.78, 5) is 20.4. The van der Waals surface area contributed by atoms with Crippen LogP contribution in [-0.4, -0.2) is 28.3 Å². The van der Waals surface area contributed by atoms with Crippen LogP contribution in [0.5, 0.6) is 5.75 Å². The molecule has 104 valence electrons. The summed E-state index contributed by atoms with van der Waals surface area (Å²) in [6.45, 7) is 0.671. The van der Waals surface area contributed by atoms with Gasteiger partial charge in [0.2, 0.25) is 0 Å². The Bertz CT molecular complexity index is 514. The lowest BCUT2D eigenvalue weighted by atomic mass is 10.2. The van der Waals surface area contributed by atoms with E-state index in [2.05, 4.69) is 4.74 Å². The van der Waals surface area contributed by atoms with Gasteiger partial charge >= 0.3 is 12.1 Å². The molecule has 0 spiro atoms. The Hall–Kier alpha value is -2.32. The van der Waals surface area contributed by atoms with Crippen molar-refractivity contribution < 1.29 is 32.7 Å². The maximum absolute atomic E-state index is 12.3. The second kappa shape index (κ2) is 5.12. The number of hydrogen-bond acceptors (Lipinski definition) is 4. The van der Waals surface area contributed by atoms with Gasteiger partial charge in [-0.15, -0.1) is 0 Å². The highest BCUT2D eigenvalue weighted by Gasteiger charge is 2.38. The quantitative estimate of drug-likeness (QED) is 0.675. The van der Waals surface area contributed by atoms with Crippen LogP contribution in [0.25, 0.3) is 0 Å². The molecule has 0 heterocycles. The zero-order valence-electron chi connectivity index (χ0n) is 9.47. The summed E-state index contributed by atoms with van der Waals surface area (Å²) in [5.41, 5.74) is -1.14. The molecule has 1 atom stereocenters. The minimum Gasteiger partial charge on any atom is -0.480 e. The standard InChI is InChI=1S/C10H8F3NO5/c1-5(10(11,12)13)19-8-4-6(14(17)18)2-3-7(8)9(15)16/h2-5H,1H3,(H,15,16). The second-order valence-corrected chi connectivity index (χ2v) is 3.54. The van der Waals surface area contributed by atoms with Crippen LogP contribution in [0.3, 0.4) is 0 Å². The molecule has 0 radical (unpaired) electrons. The molecule has 1 N–H and O–H groups in total. The molecule has 1 rings (SSSR count). The monoisotopic (exact) mass is 279 g/mol. The Balaban J connectivity index is 3.18. The van der Waals surface area contributed by atoms with E-state index in [0.29, 0.717) is 13.0 Å². The lowest BCUT2D eigenvalue weighted by Gasteiger charge is -2.18. The summed E-state index contributed by atoms with van der Waals surface area (Å²) in [7, 11) is 0. The number of carboxylic acids is 1. The summed E-state index contributed by atoms with van der Waals surface area (Å²) in [5, 5.41) is 19.3. The molecule has 0 saturated carbocycles. The summed E-state index contributed by atoms with van der Waals surface area (Å²) < 4.78 is 41.4. The van der Waals surface area contributed by atoms with Crippen molar-refractivity contribution in [2.45, 2.75) is 19.2 Å². The molecular formula is C10H8F3NO5. The van der Waals surface area contributed by atoms with Gasteiger partial charge in [-0.05, 0) is 13.0 Å². The van der Waals surface area contributed by atoms with E-state index >= 15 is 0 Å². The first kappa shape index (κ1) is 14.7. The minimum atomic E-state index is -4.71. The molecule has 0 aliphatic carbocycles. The first-order valence-corrected chi connectivity index (χ1v) is 4.88. The van der Waals surface area contributed by atoms with E-state index in [1.165, 1.54) is 0 Å². The van der Waals surface area contributed by atoms with Crippen molar-refractivity contribution in [2.24, 2.45) is 0 Å². The van der Waals surface area contributed by atoms with Crippen LogP contribution in [0.15, 0.2) is 18.2 Å². The van der Waals surface area contributed by atoms with Crippen LogP contribution in [0.2, 0.25) is 0 Å². The molecule has 19 heavy (non-hydrogen) atoms. The molecule has 0 amide bonds. The minimum absolute atomic E-state index is 0.561. The molecule has 1 aromatic rings. The molecule has 1 unspecified atom stereocenters. The third kappa shape index (κ3) is 3.57. The number of nitro benzene ring substituents is 1. The molecule has 0 bridgehead atoms. The lowest BCUT2D eigenvalue weighted by molar-refractivity contribution is -0.385. The number of carbonyl (C=O) groups is 1. The third-order valence-electron chi connectivity index (χ3n) is 2.17. The molecule has 1 aromatic carbocycles. The summed E-state index contributed by atoms with van der Waals surface area (Å²) in [6, 6.07) is 2.33. The number of non-ortho nitro benzene ring substituents is 1. The van der Waals surface area contributed by atoms with Crippen molar-refractivity contribution in [2.75, 3.05) is 0 Å². The molecule has 0 aliphatic rings. The summed E-state index contributed by atoms with van der Waals surface area (Å²) >= 11 is 0. The van der Waals surface area contributed by atoms with Gasteiger partial charge in [0.15, 0.2) is 6.10 Å². The van der Waals surface area contributed by atoms with E-state index in [4.69, 9.17) is 5.11 Å². The Morgan fingerprint density at radius 1 is 1.47 bits per heavy atom. The number of aromatic carboxylic acids is 1. The number of alkyl halides is 3. The molecule has 0 fully saturated rings. The van der Waals surface area contributed by atoms with Gasteiger partial charge in [0.1, 0.15) is 11.3 Å². The van der Waals surface area contributed by atoms with Crippen LogP contribution in [0.4, 0.5) is 18.9 Å². The molecular weight excluding hydrogens is 271 g/mol. The average Bonchev–Trinajstić information content (AvgIpc) is 2.27. The molecule has 6 nitrogen and oxygen atoms in total. The van der Waals surface area contributed by atoms with Crippen molar-refractivity contribution in [3.8, 4) is 5.75 Å². The zero-order chi connectivity index (χ0) is 14.8. The third-order valence-corrected chi connectivity index (χ3v) is 2.17. The summed E-state index contributed by atoms with van der Waals surface area (Å²) in [5.74, 6) is -2.24. The van der Waals surface area contributed by atoms with Crippen molar-refractivity contribution in [3.63, 3.8) is 0 Å². The van der Waals surface area contributed by atoms with E-state index in [0.717, 1.165) is 12.1 Å². The fourth-order valence-electron chi connectivity index (χ4n) is 1.16. The number of benzene rings is 1. The second-order valence-electron chi connectivity index (χ2n) is 3.54. The highest BCUT2D eigenvalue weighted by Crippen LogP contribution is 2.30. The number of hydrogen-bond donors (Lipinski definition) is 1. The topological polar surface area (TPSA) is 89.7 Å². The molecule has 0 aromatic heterocycles. The van der Waals surface area contributed by atoms with E-state index in [-0.39, 0.29) is 0 Å². The Labute approximate surface area is 104 Å². The highest BCUT2D eigenvalue weighted by atomic mass is 19.4. The number of nitrogens with zero attached hydrogens (tertiary/aromatic N) is 1. The molecule has 0 saturated heterocycles. The van der Waals surface area contributed by atoms with Gasteiger partial charge in [-0.2, -0.15) is 13.2 Å². The van der Waals surface area contributed by atoms with Crippen LogP contribution in [-0.2, 0) is 0 Å². The Kier molecular flexibility index (Phi) is 3.98. The Morgan fingerprint density at radius 3 is 2.47 bits per heavy atom. The fourth-order valence-corrected chi connectivity index (χ4v) is 1.16. The van der Waals surface area contributed by atoms with E-state index in [1.807, 2.05) is 0 Å². The van der Waals surface area contributed by atoms with E-state index in [1.54, 1.807) is 0 Å². The van der Waals surface area contributed by atoms with Crippen molar-refractivity contribution >= 4 is 11.7 Å². The number of carboxylic acid groups (broad SMARTS) is 1. The van der Waals surface area contributed by atoms with Crippen LogP contribution >= 0.6 is 0 Å². The van der Waals surface area contributed by atoms with Gasteiger partial charge < -0.3 is 9.84 Å². The predicted molar refractivity (Wildman–Crippen MR) is 56.2 cm³/mol. The van der Waals surface area contributed by atoms with Gasteiger partial charge in [0.25, 0.3) is 5.69 Å².